The first-order valence-corrected chi connectivity index (χ1v) is 8.74. The number of amides is 1. The van der Waals surface area contributed by atoms with Crippen LogP contribution in [0.25, 0.3) is 16.0 Å². The standard InChI is InChI=1S/C19H14FN3O2S/c1-10-6-14-15(7-11(10)2)23-17(24)9-16(26-19(23)22-14)18(25)21-13-5-3-4-12(20)8-13/h3-9H,1-2H3,(H,21,25). The molecule has 5 nitrogen and oxygen atoms in total. The molecule has 4 aromatic rings. The van der Waals surface area contributed by atoms with Crippen molar-refractivity contribution in [2.24, 2.45) is 0 Å². The largest absolute Gasteiger partial charge is 0.321 e. The zero-order valence-electron chi connectivity index (χ0n) is 14.0. The zero-order valence-corrected chi connectivity index (χ0v) is 14.9. The van der Waals surface area contributed by atoms with Crippen molar-refractivity contribution in [1.29, 1.82) is 0 Å². The maximum atomic E-state index is 13.3. The summed E-state index contributed by atoms with van der Waals surface area (Å²) < 4.78 is 14.8. The van der Waals surface area contributed by atoms with Crippen molar-refractivity contribution >= 4 is 38.9 Å². The first-order valence-electron chi connectivity index (χ1n) is 7.93. The molecular formula is C19H14FN3O2S. The lowest BCUT2D eigenvalue weighted by Gasteiger charge is -2.05. The Balaban J connectivity index is 1.81. The van der Waals surface area contributed by atoms with Gasteiger partial charge in [-0.2, -0.15) is 0 Å². The van der Waals surface area contributed by atoms with Gasteiger partial charge < -0.3 is 5.32 Å². The summed E-state index contributed by atoms with van der Waals surface area (Å²) in [5, 5.41) is 2.60. The van der Waals surface area contributed by atoms with Gasteiger partial charge in [0.1, 0.15) is 10.7 Å². The third-order valence-corrected chi connectivity index (χ3v) is 5.20. The van der Waals surface area contributed by atoms with Gasteiger partial charge in [0.05, 0.1) is 11.0 Å². The topological polar surface area (TPSA) is 63.5 Å². The molecule has 26 heavy (non-hydrogen) atoms. The van der Waals surface area contributed by atoms with Crippen LogP contribution in [0.5, 0.6) is 0 Å². The average Bonchev–Trinajstić information content (AvgIpc) is 2.93. The third-order valence-electron chi connectivity index (χ3n) is 4.22. The molecule has 0 aliphatic heterocycles. The quantitative estimate of drug-likeness (QED) is 0.584. The van der Waals surface area contributed by atoms with E-state index in [1.165, 1.54) is 28.7 Å². The molecule has 0 saturated carbocycles. The van der Waals surface area contributed by atoms with E-state index >= 15 is 0 Å². The molecule has 2 heterocycles. The smallest absolute Gasteiger partial charge is 0.266 e. The lowest BCUT2D eigenvalue weighted by molar-refractivity contribution is 0.103. The summed E-state index contributed by atoms with van der Waals surface area (Å²) >= 11 is 1.12. The van der Waals surface area contributed by atoms with E-state index in [9.17, 15) is 14.0 Å². The molecule has 130 valence electrons. The first-order chi connectivity index (χ1) is 12.4. The second-order valence-corrected chi connectivity index (χ2v) is 7.08. The van der Waals surface area contributed by atoms with Crippen LogP contribution in [0.2, 0.25) is 0 Å². The molecule has 7 heteroatoms. The molecule has 0 aliphatic rings. The summed E-state index contributed by atoms with van der Waals surface area (Å²) in [4.78, 5) is 30.2. The van der Waals surface area contributed by atoms with E-state index in [2.05, 4.69) is 10.3 Å². The highest BCUT2D eigenvalue weighted by atomic mass is 32.1. The van der Waals surface area contributed by atoms with Crippen LogP contribution in [0.3, 0.4) is 0 Å². The Morgan fingerprint density at radius 1 is 1.15 bits per heavy atom. The molecule has 0 bridgehead atoms. The normalized spacial score (nSPS) is 11.2. The third kappa shape index (κ3) is 2.76. The number of carbonyl (C=O) groups is 1. The molecule has 0 radical (unpaired) electrons. The number of nitrogens with one attached hydrogen (secondary N) is 1. The number of rotatable bonds is 2. The van der Waals surface area contributed by atoms with Crippen molar-refractivity contribution in [3.63, 3.8) is 0 Å². The number of aryl methyl sites for hydroxylation is 2. The lowest BCUT2D eigenvalue weighted by atomic mass is 10.1. The fraction of sp³-hybridized carbons (Fsp3) is 0.105. The van der Waals surface area contributed by atoms with Crippen LogP contribution in [0.4, 0.5) is 10.1 Å². The Hall–Kier alpha value is -3.06. The number of carbonyl (C=O) groups excluding carboxylic acids is 1. The molecule has 1 N–H and O–H groups in total. The Kier molecular flexibility index (Phi) is 3.81. The van der Waals surface area contributed by atoms with Crippen LogP contribution >= 0.6 is 11.3 Å². The minimum Gasteiger partial charge on any atom is -0.321 e. The van der Waals surface area contributed by atoms with Crippen molar-refractivity contribution in [1.82, 2.24) is 9.38 Å². The van der Waals surface area contributed by atoms with Gasteiger partial charge in [-0.1, -0.05) is 17.4 Å². The summed E-state index contributed by atoms with van der Waals surface area (Å²) in [6, 6.07) is 10.7. The fourth-order valence-corrected chi connectivity index (χ4v) is 3.69. The van der Waals surface area contributed by atoms with Gasteiger partial charge in [0, 0.05) is 11.8 Å². The highest BCUT2D eigenvalue weighted by Gasteiger charge is 2.15. The number of hydrogen-bond donors (Lipinski definition) is 1. The molecule has 1 amide bonds. The van der Waals surface area contributed by atoms with Gasteiger partial charge in [-0.3, -0.25) is 14.0 Å². The predicted molar refractivity (Wildman–Crippen MR) is 101 cm³/mol. The van der Waals surface area contributed by atoms with E-state index < -0.39 is 11.7 Å². The number of imidazole rings is 1. The summed E-state index contributed by atoms with van der Waals surface area (Å²) in [6.45, 7) is 3.96. The molecular weight excluding hydrogens is 353 g/mol. The molecule has 0 atom stereocenters. The van der Waals surface area contributed by atoms with Crippen molar-refractivity contribution in [2.45, 2.75) is 13.8 Å². The number of hydrogen-bond acceptors (Lipinski definition) is 4. The Morgan fingerprint density at radius 2 is 1.92 bits per heavy atom. The van der Waals surface area contributed by atoms with Gasteiger partial charge in [0.15, 0.2) is 4.96 Å². The highest BCUT2D eigenvalue weighted by Crippen LogP contribution is 2.23. The van der Waals surface area contributed by atoms with Crippen LogP contribution in [0, 0.1) is 19.7 Å². The second kappa shape index (κ2) is 6.03. The Bertz CT molecular complexity index is 1240. The highest BCUT2D eigenvalue weighted by molar-refractivity contribution is 7.18. The van der Waals surface area contributed by atoms with Crippen LogP contribution in [0.1, 0.15) is 20.8 Å². The van der Waals surface area contributed by atoms with E-state index in [1.807, 2.05) is 26.0 Å². The van der Waals surface area contributed by atoms with Gasteiger partial charge in [0.2, 0.25) is 0 Å². The molecule has 4 rings (SSSR count). The van der Waals surface area contributed by atoms with Crippen molar-refractivity contribution in [2.75, 3.05) is 5.32 Å². The van der Waals surface area contributed by atoms with Gasteiger partial charge >= 0.3 is 0 Å². The zero-order chi connectivity index (χ0) is 18.4. The lowest BCUT2D eigenvalue weighted by Crippen LogP contribution is -2.17. The van der Waals surface area contributed by atoms with Crippen LogP contribution < -0.4 is 10.9 Å². The first kappa shape index (κ1) is 16.4. The second-order valence-electron chi connectivity index (χ2n) is 6.07. The molecule has 0 spiro atoms. The molecule has 0 saturated heterocycles. The number of fused-ring (bicyclic) bond motifs is 3. The molecule has 0 unspecified atom stereocenters. The molecule has 2 aromatic carbocycles. The SMILES string of the molecule is Cc1cc2nc3sc(C(=O)Nc4cccc(F)c4)cc(=O)n3c2cc1C. The number of halogens is 1. The van der Waals surface area contributed by atoms with Crippen molar-refractivity contribution in [3.05, 3.63) is 74.6 Å². The van der Waals surface area contributed by atoms with Gasteiger partial charge in [0.25, 0.3) is 11.5 Å². The average molecular weight is 367 g/mol. The summed E-state index contributed by atoms with van der Waals surface area (Å²) in [6.07, 6.45) is 0. The van der Waals surface area contributed by atoms with E-state index in [1.54, 1.807) is 6.07 Å². The van der Waals surface area contributed by atoms with E-state index in [0.29, 0.717) is 16.2 Å². The Morgan fingerprint density at radius 3 is 2.69 bits per heavy atom. The summed E-state index contributed by atoms with van der Waals surface area (Å²) in [7, 11) is 0. The number of nitrogens with zero attached hydrogens (tertiary/aromatic N) is 2. The van der Waals surface area contributed by atoms with Crippen molar-refractivity contribution < 1.29 is 9.18 Å². The van der Waals surface area contributed by atoms with Crippen LogP contribution in [-0.2, 0) is 0 Å². The minimum absolute atomic E-state index is 0.218. The van der Waals surface area contributed by atoms with E-state index in [4.69, 9.17) is 0 Å². The van der Waals surface area contributed by atoms with E-state index in [-0.39, 0.29) is 10.4 Å². The molecule has 0 fully saturated rings. The van der Waals surface area contributed by atoms with E-state index in [0.717, 1.165) is 28.0 Å². The number of aromatic nitrogens is 2. The summed E-state index contributed by atoms with van der Waals surface area (Å²) in [5.41, 5.74) is 3.59. The number of anilines is 1. The van der Waals surface area contributed by atoms with Gasteiger partial charge in [-0.05, 0) is 55.3 Å². The summed E-state index contributed by atoms with van der Waals surface area (Å²) in [5.74, 6) is -0.920. The predicted octanol–water partition coefficient (Wildman–Crippen LogP) is 3.92. The van der Waals surface area contributed by atoms with Gasteiger partial charge in [-0.25, -0.2) is 9.37 Å². The maximum Gasteiger partial charge on any atom is 0.266 e. The van der Waals surface area contributed by atoms with Crippen molar-refractivity contribution in [3.8, 4) is 0 Å². The number of benzene rings is 2. The maximum absolute atomic E-state index is 13.3. The van der Waals surface area contributed by atoms with Crippen LogP contribution in [0.15, 0.2) is 47.3 Å². The minimum atomic E-state index is -0.473. The van der Waals surface area contributed by atoms with Gasteiger partial charge in [-0.15, -0.1) is 0 Å². The fourth-order valence-electron chi connectivity index (χ4n) is 2.77. The molecule has 2 aromatic heterocycles. The molecule has 0 aliphatic carbocycles. The van der Waals surface area contributed by atoms with Crippen LogP contribution in [-0.4, -0.2) is 15.3 Å². The Labute approximate surface area is 151 Å². The monoisotopic (exact) mass is 367 g/mol.